The standard InChI is InChI=1S/C14H20N2O2/c1-10(12-5-3-4-6-13(12)17)15-11-7-8-14(18)16(2)9-11/h3-6,10-11,15,17H,7-9H2,1-2H3. The van der Waals surface area contributed by atoms with Gasteiger partial charge in [-0.1, -0.05) is 18.2 Å². The van der Waals surface area contributed by atoms with Crippen LogP contribution in [-0.2, 0) is 4.79 Å². The van der Waals surface area contributed by atoms with E-state index in [0.29, 0.717) is 18.2 Å². The van der Waals surface area contributed by atoms with Crippen LogP contribution in [0.25, 0.3) is 0 Å². The van der Waals surface area contributed by atoms with Crippen LogP contribution in [0.15, 0.2) is 24.3 Å². The van der Waals surface area contributed by atoms with Gasteiger partial charge in [0.05, 0.1) is 0 Å². The Labute approximate surface area is 108 Å². The molecule has 1 amide bonds. The SMILES string of the molecule is CC(NC1CCC(=O)N(C)C1)c1ccccc1O. The van der Waals surface area contributed by atoms with Crippen LogP contribution in [0.3, 0.4) is 0 Å². The van der Waals surface area contributed by atoms with E-state index in [1.165, 1.54) is 0 Å². The topological polar surface area (TPSA) is 52.6 Å². The van der Waals surface area contributed by atoms with Gasteiger partial charge in [-0.25, -0.2) is 0 Å². The third-order valence-electron chi connectivity index (χ3n) is 3.52. The zero-order chi connectivity index (χ0) is 13.1. The van der Waals surface area contributed by atoms with Crippen LogP contribution in [-0.4, -0.2) is 35.5 Å². The monoisotopic (exact) mass is 248 g/mol. The number of hydrogen-bond acceptors (Lipinski definition) is 3. The fraction of sp³-hybridized carbons (Fsp3) is 0.500. The largest absolute Gasteiger partial charge is 0.508 e. The van der Waals surface area contributed by atoms with E-state index in [1.807, 2.05) is 32.2 Å². The van der Waals surface area contributed by atoms with E-state index in [4.69, 9.17) is 0 Å². The molecule has 1 aliphatic heterocycles. The molecule has 0 saturated carbocycles. The second-order valence-corrected chi connectivity index (χ2v) is 4.96. The summed E-state index contributed by atoms with van der Waals surface area (Å²) in [5.41, 5.74) is 0.900. The molecule has 1 saturated heterocycles. The van der Waals surface area contributed by atoms with E-state index >= 15 is 0 Å². The summed E-state index contributed by atoms with van der Waals surface area (Å²) in [6.07, 6.45) is 1.46. The lowest BCUT2D eigenvalue weighted by atomic mass is 10.0. The van der Waals surface area contributed by atoms with Crippen molar-refractivity contribution in [3.8, 4) is 5.75 Å². The molecule has 1 fully saturated rings. The average Bonchev–Trinajstić information content (AvgIpc) is 2.34. The molecule has 0 spiro atoms. The van der Waals surface area contributed by atoms with Gasteiger partial charge in [-0.05, 0) is 19.4 Å². The van der Waals surface area contributed by atoms with Gasteiger partial charge < -0.3 is 15.3 Å². The van der Waals surface area contributed by atoms with Crippen molar-refractivity contribution in [3.05, 3.63) is 29.8 Å². The Morgan fingerprint density at radius 1 is 1.44 bits per heavy atom. The number of likely N-dealkylation sites (N-methyl/N-ethyl adjacent to an activating group) is 1. The van der Waals surface area contributed by atoms with Crippen molar-refractivity contribution in [2.75, 3.05) is 13.6 Å². The molecule has 2 unspecified atom stereocenters. The Bertz CT molecular complexity index is 434. The number of hydrogen-bond donors (Lipinski definition) is 2. The average molecular weight is 248 g/mol. The summed E-state index contributed by atoms with van der Waals surface area (Å²) in [5.74, 6) is 0.529. The number of para-hydroxylation sites is 1. The molecule has 1 aliphatic rings. The minimum atomic E-state index is 0.0813. The van der Waals surface area contributed by atoms with Crippen molar-refractivity contribution in [2.45, 2.75) is 31.8 Å². The molecule has 0 bridgehead atoms. The van der Waals surface area contributed by atoms with Gasteiger partial charge in [0.25, 0.3) is 0 Å². The molecule has 0 aliphatic carbocycles. The molecule has 2 atom stereocenters. The molecular formula is C14H20N2O2. The molecule has 1 aromatic rings. The number of aromatic hydroxyl groups is 1. The summed E-state index contributed by atoms with van der Waals surface area (Å²) in [6.45, 7) is 2.77. The summed E-state index contributed by atoms with van der Waals surface area (Å²) < 4.78 is 0. The number of likely N-dealkylation sites (tertiary alicyclic amines) is 1. The highest BCUT2D eigenvalue weighted by Gasteiger charge is 2.24. The Balaban J connectivity index is 1.98. The summed E-state index contributed by atoms with van der Waals surface area (Å²) in [5, 5.41) is 13.3. The van der Waals surface area contributed by atoms with Crippen molar-refractivity contribution >= 4 is 5.91 Å². The highest BCUT2D eigenvalue weighted by Crippen LogP contribution is 2.24. The smallest absolute Gasteiger partial charge is 0.222 e. The number of benzene rings is 1. The Hall–Kier alpha value is -1.55. The van der Waals surface area contributed by atoms with Gasteiger partial charge in [-0.2, -0.15) is 0 Å². The first kappa shape index (κ1) is 12.9. The molecule has 1 aromatic carbocycles. The van der Waals surface area contributed by atoms with Crippen LogP contribution in [0.2, 0.25) is 0 Å². The van der Waals surface area contributed by atoms with Gasteiger partial charge in [-0.3, -0.25) is 4.79 Å². The van der Waals surface area contributed by atoms with Crippen molar-refractivity contribution in [2.24, 2.45) is 0 Å². The number of amides is 1. The Morgan fingerprint density at radius 3 is 2.83 bits per heavy atom. The third kappa shape index (κ3) is 2.82. The summed E-state index contributed by atoms with van der Waals surface area (Å²) in [4.78, 5) is 13.2. The molecule has 0 aromatic heterocycles. The minimum absolute atomic E-state index is 0.0813. The number of carbonyl (C=O) groups excluding carboxylic acids is 1. The van der Waals surface area contributed by atoms with Gasteiger partial charge in [0.2, 0.25) is 5.91 Å². The van der Waals surface area contributed by atoms with E-state index in [2.05, 4.69) is 5.32 Å². The number of piperidine rings is 1. The highest BCUT2D eigenvalue weighted by atomic mass is 16.3. The first-order valence-corrected chi connectivity index (χ1v) is 6.36. The summed E-state index contributed by atoms with van der Waals surface area (Å²) >= 11 is 0. The van der Waals surface area contributed by atoms with Gasteiger partial charge in [-0.15, -0.1) is 0 Å². The first-order valence-electron chi connectivity index (χ1n) is 6.36. The van der Waals surface area contributed by atoms with Gasteiger partial charge >= 0.3 is 0 Å². The van der Waals surface area contributed by atoms with Crippen LogP contribution in [0.1, 0.15) is 31.4 Å². The van der Waals surface area contributed by atoms with Crippen molar-refractivity contribution < 1.29 is 9.90 Å². The zero-order valence-corrected chi connectivity index (χ0v) is 10.9. The normalized spacial score (nSPS) is 22.0. The molecule has 4 nitrogen and oxygen atoms in total. The number of phenols is 1. The molecule has 4 heteroatoms. The van der Waals surface area contributed by atoms with Crippen molar-refractivity contribution in [1.29, 1.82) is 0 Å². The zero-order valence-electron chi connectivity index (χ0n) is 10.9. The molecule has 1 heterocycles. The highest BCUT2D eigenvalue weighted by molar-refractivity contribution is 5.76. The third-order valence-corrected chi connectivity index (χ3v) is 3.52. The van der Waals surface area contributed by atoms with Gasteiger partial charge in [0.1, 0.15) is 5.75 Å². The van der Waals surface area contributed by atoms with Crippen LogP contribution in [0.4, 0.5) is 0 Å². The minimum Gasteiger partial charge on any atom is -0.508 e. The number of phenolic OH excluding ortho intramolecular Hbond substituents is 1. The molecular weight excluding hydrogens is 228 g/mol. The molecule has 98 valence electrons. The number of nitrogens with zero attached hydrogens (tertiary/aromatic N) is 1. The van der Waals surface area contributed by atoms with Crippen LogP contribution >= 0.6 is 0 Å². The molecule has 2 rings (SSSR count). The maximum Gasteiger partial charge on any atom is 0.222 e. The maximum atomic E-state index is 11.4. The molecule has 0 radical (unpaired) electrons. The van der Waals surface area contributed by atoms with E-state index < -0.39 is 0 Å². The van der Waals surface area contributed by atoms with E-state index in [9.17, 15) is 9.90 Å². The Morgan fingerprint density at radius 2 is 2.17 bits per heavy atom. The van der Waals surface area contributed by atoms with Crippen LogP contribution in [0, 0.1) is 0 Å². The maximum absolute atomic E-state index is 11.4. The van der Waals surface area contributed by atoms with Crippen LogP contribution in [0.5, 0.6) is 5.75 Å². The van der Waals surface area contributed by atoms with Crippen molar-refractivity contribution in [3.63, 3.8) is 0 Å². The fourth-order valence-electron chi connectivity index (χ4n) is 2.45. The quantitative estimate of drug-likeness (QED) is 0.855. The number of nitrogens with one attached hydrogen (secondary N) is 1. The first-order chi connectivity index (χ1) is 8.58. The predicted octanol–water partition coefficient (Wildman–Crippen LogP) is 1.66. The number of carbonyl (C=O) groups is 1. The summed E-state index contributed by atoms with van der Waals surface area (Å²) in [7, 11) is 1.83. The lowest BCUT2D eigenvalue weighted by Gasteiger charge is -2.32. The van der Waals surface area contributed by atoms with E-state index in [1.54, 1.807) is 11.0 Å². The summed E-state index contributed by atoms with van der Waals surface area (Å²) in [6, 6.07) is 7.73. The molecule has 2 N–H and O–H groups in total. The van der Waals surface area contributed by atoms with Crippen LogP contribution < -0.4 is 5.32 Å². The van der Waals surface area contributed by atoms with E-state index in [0.717, 1.165) is 18.5 Å². The Kier molecular flexibility index (Phi) is 3.87. The lowest BCUT2D eigenvalue weighted by Crippen LogP contribution is -2.47. The van der Waals surface area contributed by atoms with E-state index in [-0.39, 0.29) is 11.9 Å². The molecule has 18 heavy (non-hydrogen) atoms. The van der Waals surface area contributed by atoms with Gasteiger partial charge in [0, 0.05) is 37.7 Å². The second kappa shape index (κ2) is 5.40. The number of rotatable bonds is 3. The predicted molar refractivity (Wildman–Crippen MR) is 70.3 cm³/mol. The lowest BCUT2D eigenvalue weighted by molar-refractivity contribution is -0.132. The second-order valence-electron chi connectivity index (χ2n) is 4.96. The van der Waals surface area contributed by atoms with Gasteiger partial charge in [0.15, 0.2) is 0 Å². The van der Waals surface area contributed by atoms with Crippen molar-refractivity contribution in [1.82, 2.24) is 10.2 Å². The fourth-order valence-corrected chi connectivity index (χ4v) is 2.45.